The minimum Gasteiger partial charge on any atom is -0.454 e. The largest absolute Gasteiger partial charge is 0.454 e. The van der Waals surface area contributed by atoms with Crippen LogP contribution in [-0.2, 0) is 19.1 Å². The molecule has 1 fully saturated rings. The Morgan fingerprint density at radius 2 is 1.93 bits per heavy atom. The number of ether oxygens (including phenoxy) is 1. The zero-order chi connectivity index (χ0) is 21.8. The molecule has 1 saturated heterocycles. The second-order valence-electron chi connectivity index (χ2n) is 7.42. The molecule has 29 heavy (non-hydrogen) atoms. The quantitative estimate of drug-likeness (QED) is 0.504. The lowest BCUT2D eigenvalue weighted by molar-refractivity contribution is -0.150. The molecule has 1 aliphatic rings. The van der Waals surface area contributed by atoms with Crippen molar-refractivity contribution in [3.05, 3.63) is 29.8 Å². The van der Waals surface area contributed by atoms with Crippen LogP contribution in [0.25, 0.3) is 0 Å². The summed E-state index contributed by atoms with van der Waals surface area (Å²) < 4.78 is 30.7. The van der Waals surface area contributed by atoms with Crippen LogP contribution in [0.1, 0.15) is 33.6 Å². The zero-order valence-corrected chi connectivity index (χ0v) is 16.4. The maximum Gasteiger partial charge on any atom is 0.326 e. The van der Waals surface area contributed by atoms with E-state index < -0.39 is 54.1 Å². The summed E-state index contributed by atoms with van der Waals surface area (Å²) in [5.74, 6) is -4.15. The first-order valence-corrected chi connectivity index (χ1v) is 9.06. The first kappa shape index (κ1) is 22.3. The Labute approximate surface area is 166 Å². The summed E-state index contributed by atoms with van der Waals surface area (Å²) in [6, 6.07) is 2.05. The number of esters is 1. The second-order valence-corrected chi connectivity index (χ2v) is 7.42. The van der Waals surface area contributed by atoms with Gasteiger partial charge in [-0.2, -0.15) is 0 Å². The van der Waals surface area contributed by atoms with Gasteiger partial charge >= 0.3 is 12.0 Å². The zero-order valence-electron chi connectivity index (χ0n) is 16.4. The highest BCUT2D eigenvalue weighted by Gasteiger charge is 2.48. The smallest absolute Gasteiger partial charge is 0.326 e. The minimum absolute atomic E-state index is 0.0139. The topological polar surface area (TPSA) is 105 Å². The van der Waals surface area contributed by atoms with Gasteiger partial charge in [0.1, 0.15) is 12.1 Å². The van der Waals surface area contributed by atoms with E-state index in [0.29, 0.717) is 18.8 Å². The average Bonchev–Trinajstić information content (AvgIpc) is 2.85. The molecule has 1 aromatic carbocycles. The fourth-order valence-electron chi connectivity index (χ4n) is 2.73. The van der Waals surface area contributed by atoms with Crippen LogP contribution < -0.4 is 10.6 Å². The number of rotatable bonds is 8. The minimum atomic E-state index is -1.14. The van der Waals surface area contributed by atoms with E-state index in [-0.39, 0.29) is 5.69 Å². The molecule has 0 aromatic heterocycles. The first-order valence-electron chi connectivity index (χ1n) is 9.06. The monoisotopic (exact) mass is 411 g/mol. The van der Waals surface area contributed by atoms with E-state index >= 15 is 0 Å². The highest BCUT2D eigenvalue weighted by Crippen LogP contribution is 2.24. The van der Waals surface area contributed by atoms with Gasteiger partial charge in [-0.25, -0.2) is 13.6 Å². The van der Waals surface area contributed by atoms with Gasteiger partial charge < -0.3 is 15.4 Å². The lowest BCUT2D eigenvalue weighted by Gasteiger charge is -2.22. The number of carbonyl (C=O) groups is 4. The van der Waals surface area contributed by atoms with E-state index in [1.807, 2.05) is 13.8 Å². The second kappa shape index (κ2) is 8.97. The fourth-order valence-corrected chi connectivity index (χ4v) is 2.73. The van der Waals surface area contributed by atoms with Crippen molar-refractivity contribution in [3.63, 3.8) is 0 Å². The van der Waals surface area contributed by atoms with Crippen molar-refractivity contribution in [2.24, 2.45) is 5.92 Å². The van der Waals surface area contributed by atoms with Crippen LogP contribution in [-0.4, -0.2) is 47.4 Å². The summed E-state index contributed by atoms with van der Waals surface area (Å²) in [7, 11) is 0. The summed E-state index contributed by atoms with van der Waals surface area (Å²) >= 11 is 0. The van der Waals surface area contributed by atoms with E-state index in [1.165, 1.54) is 0 Å². The Hall–Kier alpha value is -3.04. The number of hydrogen-bond donors (Lipinski definition) is 2. The Kier molecular flexibility index (Phi) is 6.89. The predicted octanol–water partition coefficient (Wildman–Crippen LogP) is 2.19. The Morgan fingerprint density at radius 1 is 1.24 bits per heavy atom. The number of urea groups is 1. The van der Waals surface area contributed by atoms with E-state index in [1.54, 1.807) is 6.92 Å². The number of benzene rings is 1. The number of imide groups is 1. The number of nitrogens with zero attached hydrogens (tertiary/aromatic N) is 1. The predicted molar refractivity (Wildman–Crippen MR) is 98.7 cm³/mol. The molecule has 0 aliphatic carbocycles. The lowest BCUT2D eigenvalue weighted by Crippen LogP contribution is -2.44. The van der Waals surface area contributed by atoms with Gasteiger partial charge in [-0.3, -0.25) is 19.3 Å². The number of nitrogens with one attached hydrogen (secondary N) is 2. The molecule has 0 radical (unpaired) electrons. The van der Waals surface area contributed by atoms with Gasteiger partial charge in [0, 0.05) is 11.8 Å². The van der Waals surface area contributed by atoms with Crippen molar-refractivity contribution in [2.45, 2.75) is 39.2 Å². The molecule has 0 saturated carbocycles. The van der Waals surface area contributed by atoms with Gasteiger partial charge in [0.15, 0.2) is 18.2 Å². The van der Waals surface area contributed by atoms with Gasteiger partial charge in [-0.1, -0.05) is 13.8 Å². The van der Waals surface area contributed by atoms with Crippen molar-refractivity contribution >= 4 is 29.5 Å². The van der Waals surface area contributed by atoms with Crippen molar-refractivity contribution < 1.29 is 32.7 Å². The van der Waals surface area contributed by atoms with E-state index in [4.69, 9.17) is 4.74 Å². The molecule has 2 rings (SSSR count). The highest BCUT2D eigenvalue weighted by atomic mass is 19.2. The Morgan fingerprint density at radius 3 is 2.55 bits per heavy atom. The third-order valence-corrected chi connectivity index (χ3v) is 4.42. The molecule has 1 aromatic rings. The molecule has 0 spiro atoms. The molecular formula is C19H23F2N3O5. The summed E-state index contributed by atoms with van der Waals surface area (Å²) in [5, 5.41) is 4.82. The molecule has 0 bridgehead atoms. The van der Waals surface area contributed by atoms with Crippen LogP contribution in [0.2, 0.25) is 0 Å². The van der Waals surface area contributed by atoms with E-state index in [2.05, 4.69) is 10.6 Å². The number of anilines is 1. The van der Waals surface area contributed by atoms with Crippen LogP contribution in [0.3, 0.4) is 0 Å². The van der Waals surface area contributed by atoms with Gasteiger partial charge in [-0.05, 0) is 37.8 Å². The average molecular weight is 411 g/mol. The molecule has 0 unspecified atom stereocenters. The maximum atomic E-state index is 13.1. The van der Waals surface area contributed by atoms with Crippen LogP contribution in [0.15, 0.2) is 18.2 Å². The first-order chi connectivity index (χ1) is 13.5. The third-order valence-electron chi connectivity index (χ3n) is 4.42. The van der Waals surface area contributed by atoms with Crippen molar-refractivity contribution in [3.8, 4) is 0 Å². The number of carbonyl (C=O) groups excluding carboxylic acids is 4. The number of halogens is 2. The van der Waals surface area contributed by atoms with Crippen molar-refractivity contribution in [1.82, 2.24) is 10.2 Å². The molecule has 4 amide bonds. The summed E-state index contributed by atoms with van der Waals surface area (Å²) in [4.78, 5) is 49.0. The summed E-state index contributed by atoms with van der Waals surface area (Å²) in [6.45, 7) is 4.22. The van der Waals surface area contributed by atoms with Crippen LogP contribution in [0.5, 0.6) is 0 Å². The molecule has 158 valence electrons. The van der Waals surface area contributed by atoms with Gasteiger partial charge in [0.2, 0.25) is 0 Å². The van der Waals surface area contributed by atoms with E-state index in [9.17, 15) is 28.0 Å². The molecular weight excluding hydrogens is 388 g/mol. The molecule has 8 nitrogen and oxygen atoms in total. The summed E-state index contributed by atoms with van der Waals surface area (Å²) in [5.41, 5.74) is -1.11. The SMILES string of the molecule is CC(C)CC[C@@]1(C)NC(=O)N(CC(=O)OCC(=O)Nc2ccc(F)c(F)c2)C1=O. The Balaban J connectivity index is 1.85. The normalized spacial score (nSPS) is 18.8. The van der Waals surface area contributed by atoms with Crippen LogP contribution in [0.4, 0.5) is 19.3 Å². The lowest BCUT2D eigenvalue weighted by atomic mass is 9.92. The molecule has 1 heterocycles. The molecule has 1 atom stereocenters. The fraction of sp³-hybridized carbons (Fsp3) is 0.474. The Bertz CT molecular complexity index is 830. The number of amides is 4. The van der Waals surface area contributed by atoms with Crippen LogP contribution >= 0.6 is 0 Å². The van der Waals surface area contributed by atoms with Crippen molar-refractivity contribution in [2.75, 3.05) is 18.5 Å². The molecule has 2 N–H and O–H groups in total. The van der Waals surface area contributed by atoms with Crippen LogP contribution in [0, 0.1) is 17.6 Å². The summed E-state index contributed by atoms with van der Waals surface area (Å²) in [6.07, 6.45) is 1.14. The van der Waals surface area contributed by atoms with Gasteiger partial charge in [0.05, 0.1) is 0 Å². The third kappa shape index (κ3) is 5.72. The standard InChI is InChI=1S/C19H23F2N3O5/c1-11(2)6-7-19(3)17(27)24(18(28)23-19)9-16(26)29-10-15(25)22-12-4-5-13(20)14(21)8-12/h4-5,8,11H,6-7,9-10H2,1-3H3,(H,22,25)(H,23,28)/t19-/m1/s1. The molecule has 10 heteroatoms. The van der Waals surface area contributed by atoms with Gasteiger partial charge in [-0.15, -0.1) is 0 Å². The highest BCUT2D eigenvalue weighted by molar-refractivity contribution is 6.08. The van der Waals surface area contributed by atoms with Gasteiger partial charge in [0.25, 0.3) is 11.8 Å². The number of hydrogen-bond acceptors (Lipinski definition) is 5. The molecule has 1 aliphatic heterocycles. The van der Waals surface area contributed by atoms with E-state index in [0.717, 1.165) is 23.1 Å². The van der Waals surface area contributed by atoms with Crippen molar-refractivity contribution in [1.29, 1.82) is 0 Å². The maximum absolute atomic E-state index is 13.1.